The van der Waals surface area contributed by atoms with E-state index in [0.717, 1.165) is 17.9 Å². The third kappa shape index (κ3) is 4.98. The van der Waals surface area contributed by atoms with Gasteiger partial charge in [-0.05, 0) is 18.6 Å². The van der Waals surface area contributed by atoms with Crippen LogP contribution >= 0.6 is 0 Å². The molecule has 2 N–H and O–H groups in total. The van der Waals surface area contributed by atoms with Crippen LogP contribution in [0, 0.1) is 11.3 Å². The molecule has 0 bridgehead atoms. The molecule has 0 aromatic heterocycles. The molecular weight excluding hydrogens is 256 g/mol. The van der Waals surface area contributed by atoms with Gasteiger partial charge in [0.25, 0.3) is 5.91 Å². The first-order valence-corrected chi connectivity index (χ1v) is 6.47. The van der Waals surface area contributed by atoms with E-state index in [4.69, 9.17) is 5.26 Å². The maximum Gasteiger partial charge on any atom is 0.337 e. The first-order chi connectivity index (χ1) is 9.69. The normalized spacial score (nSPS) is 9.40. The second-order valence-corrected chi connectivity index (χ2v) is 4.14. The third-order valence-corrected chi connectivity index (χ3v) is 2.55. The van der Waals surface area contributed by atoms with Crippen LogP contribution in [0.25, 0.3) is 0 Å². The lowest BCUT2D eigenvalue weighted by molar-refractivity contribution is 0.0840. The zero-order valence-corrected chi connectivity index (χ0v) is 11.4. The van der Waals surface area contributed by atoms with Gasteiger partial charge in [-0.2, -0.15) is 5.26 Å². The molecule has 1 aromatic rings. The number of nitriles is 1. The number of nitrogens with zero attached hydrogens (tertiary/aromatic N) is 2. The quantitative estimate of drug-likeness (QED) is 0.486. The van der Waals surface area contributed by atoms with Gasteiger partial charge in [-0.15, -0.1) is 0 Å². The van der Waals surface area contributed by atoms with Gasteiger partial charge >= 0.3 is 6.03 Å². The highest BCUT2D eigenvalue weighted by Crippen LogP contribution is 1.99. The molecule has 106 valence electrons. The van der Waals surface area contributed by atoms with Crippen LogP contribution < -0.4 is 10.7 Å². The van der Waals surface area contributed by atoms with E-state index < -0.39 is 11.9 Å². The summed E-state index contributed by atoms with van der Waals surface area (Å²) in [7, 11) is 0. The predicted molar refractivity (Wildman–Crippen MR) is 74.5 cm³/mol. The van der Waals surface area contributed by atoms with Crippen molar-refractivity contribution in [3.05, 3.63) is 35.9 Å². The fourth-order valence-corrected chi connectivity index (χ4v) is 1.48. The van der Waals surface area contributed by atoms with Crippen LogP contribution in [-0.2, 0) is 0 Å². The molecule has 20 heavy (non-hydrogen) atoms. The highest BCUT2D eigenvalue weighted by molar-refractivity contribution is 5.95. The lowest BCUT2D eigenvalue weighted by Crippen LogP contribution is -2.51. The highest BCUT2D eigenvalue weighted by Gasteiger charge is 2.16. The molecule has 0 saturated heterocycles. The van der Waals surface area contributed by atoms with Gasteiger partial charge in [-0.25, -0.2) is 9.80 Å². The second-order valence-electron chi connectivity index (χ2n) is 4.14. The van der Waals surface area contributed by atoms with Crippen molar-refractivity contribution in [3.8, 4) is 6.07 Å². The molecule has 1 aromatic carbocycles. The topological polar surface area (TPSA) is 85.2 Å². The standard InChI is InChI=1S/C14H18N4O2/c1-2-3-10-16-14(20)18(11-9-15)17-13(19)12-7-5-4-6-8-12/h4-8H,2-3,10-11H2,1H3,(H,16,20)(H,17,19). The average molecular weight is 274 g/mol. The van der Waals surface area contributed by atoms with Crippen LogP contribution in [0.15, 0.2) is 30.3 Å². The summed E-state index contributed by atoms with van der Waals surface area (Å²) < 4.78 is 0. The van der Waals surface area contributed by atoms with Gasteiger partial charge in [0, 0.05) is 12.1 Å². The average Bonchev–Trinajstić information content (AvgIpc) is 2.47. The van der Waals surface area contributed by atoms with Crippen molar-refractivity contribution in [2.24, 2.45) is 0 Å². The van der Waals surface area contributed by atoms with Crippen molar-refractivity contribution < 1.29 is 9.59 Å². The molecule has 3 amide bonds. The number of amides is 3. The minimum Gasteiger partial charge on any atom is -0.337 e. The SMILES string of the molecule is CCCCNC(=O)N(CC#N)NC(=O)c1ccccc1. The summed E-state index contributed by atoms with van der Waals surface area (Å²) in [6, 6.07) is 9.88. The van der Waals surface area contributed by atoms with E-state index in [1.165, 1.54) is 0 Å². The Kier molecular flexibility index (Phi) is 6.62. The first kappa shape index (κ1) is 15.5. The van der Waals surface area contributed by atoms with Crippen LogP contribution in [0.2, 0.25) is 0 Å². The fraction of sp³-hybridized carbons (Fsp3) is 0.357. The van der Waals surface area contributed by atoms with E-state index in [1.807, 2.05) is 13.0 Å². The number of hydrogen-bond donors (Lipinski definition) is 2. The Labute approximate surface area is 118 Å². The van der Waals surface area contributed by atoms with Gasteiger partial charge in [0.1, 0.15) is 6.54 Å². The van der Waals surface area contributed by atoms with Gasteiger partial charge in [0.2, 0.25) is 0 Å². The number of rotatable bonds is 5. The van der Waals surface area contributed by atoms with Crippen molar-refractivity contribution in [2.75, 3.05) is 13.1 Å². The van der Waals surface area contributed by atoms with Crippen LogP contribution in [0.4, 0.5) is 4.79 Å². The number of benzene rings is 1. The van der Waals surface area contributed by atoms with Gasteiger partial charge in [0.05, 0.1) is 6.07 Å². The number of urea groups is 1. The maximum absolute atomic E-state index is 11.9. The maximum atomic E-state index is 11.9. The number of carbonyl (C=O) groups is 2. The molecular formula is C14H18N4O2. The van der Waals surface area contributed by atoms with Crippen molar-refractivity contribution in [1.82, 2.24) is 15.8 Å². The zero-order valence-electron chi connectivity index (χ0n) is 11.4. The summed E-state index contributed by atoms with van der Waals surface area (Å²) in [6.07, 6.45) is 1.80. The zero-order chi connectivity index (χ0) is 14.8. The summed E-state index contributed by atoms with van der Waals surface area (Å²) in [6.45, 7) is 2.31. The largest absolute Gasteiger partial charge is 0.337 e. The molecule has 0 aliphatic carbocycles. The highest BCUT2D eigenvalue weighted by atomic mass is 16.2. The molecule has 0 fully saturated rings. The molecule has 0 aliphatic rings. The van der Waals surface area contributed by atoms with E-state index in [9.17, 15) is 9.59 Å². The van der Waals surface area contributed by atoms with Crippen molar-refractivity contribution >= 4 is 11.9 Å². The Hall–Kier alpha value is -2.55. The molecule has 6 heteroatoms. The Morgan fingerprint density at radius 3 is 2.60 bits per heavy atom. The van der Waals surface area contributed by atoms with E-state index in [0.29, 0.717) is 12.1 Å². The molecule has 6 nitrogen and oxygen atoms in total. The molecule has 0 spiro atoms. The smallest absolute Gasteiger partial charge is 0.337 e. The van der Waals surface area contributed by atoms with Gasteiger partial charge in [-0.3, -0.25) is 10.2 Å². The monoisotopic (exact) mass is 274 g/mol. The Morgan fingerprint density at radius 2 is 2.00 bits per heavy atom. The summed E-state index contributed by atoms with van der Waals surface area (Å²) in [5.41, 5.74) is 2.85. The number of nitrogens with one attached hydrogen (secondary N) is 2. The fourth-order valence-electron chi connectivity index (χ4n) is 1.48. The van der Waals surface area contributed by atoms with Crippen LogP contribution in [0.1, 0.15) is 30.1 Å². The lowest BCUT2D eigenvalue weighted by atomic mass is 10.2. The number of unbranched alkanes of at least 4 members (excludes halogenated alkanes) is 1. The number of carbonyl (C=O) groups excluding carboxylic acids is 2. The Balaban J connectivity index is 2.60. The third-order valence-electron chi connectivity index (χ3n) is 2.55. The van der Waals surface area contributed by atoms with Crippen molar-refractivity contribution in [2.45, 2.75) is 19.8 Å². The van der Waals surface area contributed by atoms with Crippen LogP contribution in [0.5, 0.6) is 0 Å². The minimum atomic E-state index is -0.482. The predicted octanol–water partition coefficient (Wildman–Crippen LogP) is 1.67. The first-order valence-electron chi connectivity index (χ1n) is 6.47. The summed E-state index contributed by atoms with van der Waals surface area (Å²) in [5.74, 6) is -0.425. The van der Waals surface area contributed by atoms with E-state index in [-0.39, 0.29) is 6.54 Å². The molecule has 0 saturated carbocycles. The number of hydrazine groups is 1. The Bertz CT molecular complexity index is 482. The lowest BCUT2D eigenvalue weighted by Gasteiger charge is -2.20. The number of hydrogen-bond acceptors (Lipinski definition) is 3. The molecule has 0 atom stereocenters. The van der Waals surface area contributed by atoms with Crippen molar-refractivity contribution in [1.29, 1.82) is 5.26 Å². The summed E-state index contributed by atoms with van der Waals surface area (Å²) >= 11 is 0. The molecule has 0 aliphatic heterocycles. The van der Waals surface area contributed by atoms with Gasteiger partial charge in [0.15, 0.2) is 0 Å². The molecule has 0 heterocycles. The Morgan fingerprint density at radius 1 is 1.30 bits per heavy atom. The molecule has 0 radical (unpaired) electrons. The summed E-state index contributed by atoms with van der Waals surface area (Å²) in [4.78, 5) is 23.7. The van der Waals surface area contributed by atoms with Crippen molar-refractivity contribution in [3.63, 3.8) is 0 Å². The van der Waals surface area contributed by atoms with E-state index >= 15 is 0 Å². The van der Waals surface area contributed by atoms with E-state index in [2.05, 4.69) is 10.7 Å². The second kappa shape index (κ2) is 8.53. The van der Waals surface area contributed by atoms with Gasteiger partial charge < -0.3 is 5.32 Å². The summed E-state index contributed by atoms with van der Waals surface area (Å²) in [5, 5.41) is 12.3. The van der Waals surface area contributed by atoms with Crippen LogP contribution in [0.3, 0.4) is 0 Å². The van der Waals surface area contributed by atoms with E-state index in [1.54, 1.807) is 30.3 Å². The molecule has 1 rings (SSSR count). The van der Waals surface area contributed by atoms with Gasteiger partial charge in [-0.1, -0.05) is 31.5 Å². The molecule has 0 unspecified atom stereocenters. The minimum absolute atomic E-state index is 0.212. The van der Waals surface area contributed by atoms with Crippen LogP contribution in [-0.4, -0.2) is 30.0 Å².